The third-order valence-electron chi connectivity index (χ3n) is 3.97. The van der Waals surface area contributed by atoms with Gasteiger partial charge in [0.15, 0.2) is 5.82 Å². The Kier molecular flexibility index (Phi) is 5.04. The van der Waals surface area contributed by atoms with E-state index in [0.29, 0.717) is 17.2 Å². The number of methoxy groups -OCH3 is 1. The molecule has 0 saturated heterocycles. The SMILES string of the molecule is C/C=c1/c(-c2cccc(OC)c2)nc(-c2cccc(C#N)n2)n/c1=C/C. The van der Waals surface area contributed by atoms with E-state index in [-0.39, 0.29) is 0 Å². The molecule has 0 fully saturated rings. The molecule has 0 N–H and O–H groups in total. The maximum Gasteiger partial charge on any atom is 0.179 e. The maximum absolute atomic E-state index is 9.10. The summed E-state index contributed by atoms with van der Waals surface area (Å²) in [5.74, 6) is 1.25. The summed E-state index contributed by atoms with van der Waals surface area (Å²) in [5.41, 5.74) is 2.63. The molecular weight excluding hydrogens is 324 g/mol. The van der Waals surface area contributed by atoms with E-state index in [0.717, 1.165) is 27.6 Å². The Hall–Kier alpha value is -3.52. The predicted molar refractivity (Wildman–Crippen MR) is 101 cm³/mol. The van der Waals surface area contributed by atoms with Crippen molar-refractivity contribution in [3.8, 4) is 34.6 Å². The number of nitriles is 1. The van der Waals surface area contributed by atoms with Crippen LogP contribution in [0.1, 0.15) is 19.5 Å². The van der Waals surface area contributed by atoms with Crippen LogP contribution < -0.4 is 15.3 Å². The van der Waals surface area contributed by atoms with Gasteiger partial charge in [-0.25, -0.2) is 15.0 Å². The van der Waals surface area contributed by atoms with Crippen LogP contribution in [0.5, 0.6) is 5.75 Å². The van der Waals surface area contributed by atoms with Gasteiger partial charge in [-0.05, 0) is 38.1 Å². The van der Waals surface area contributed by atoms with Gasteiger partial charge < -0.3 is 4.74 Å². The lowest BCUT2D eigenvalue weighted by molar-refractivity contribution is 0.415. The number of hydrogen-bond acceptors (Lipinski definition) is 5. The summed E-state index contributed by atoms with van der Waals surface area (Å²) >= 11 is 0. The molecule has 26 heavy (non-hydrogen) atoms. The zero-order valence-electron chi connectivity index (χ0n) is 14.9. The minimum Gasteiger partial charge on any atom is -0.497 e. The molecule has 1 aromatic carbocycles. The fourth-order valence-corrected chi connectivity index (χ4v) is 2.72. The van der Waals surface area contributed by atoms with Crippen LogP contribution in [0.25, 0.3) is 34.9 Å². The smallest absolute Gasteiger partial charge is 0.179 e. The van der Waals surface area contributed by atoms with Crippen LogP contribution in [0.4, 0.5) is 0 Å². The molecule has 0 unspecified atom stereocenters. The van der Waals surface area contributed by atoms with Gasteiger partial charge >= 0.3 is 0 Å². The maximum atomic E-state index is 9.10. The number of ether oxygens (including phenoxy) is 1. The Morgan fingerprint density at radius 1 is 1.00 bits per heavy atom. The monoisotopic (exact) mass is 342 g/mol. The van der Waals surface area contributed by atoms with Crippen molar-refractivity contribution in [3.05, 3.63) is 58.7 Å². The molecule has 5 nitrogen and oxygen atoms in total. The fraction of sp³-hybridized carbons (Fsp3) is 0.143. The van der Waals surface area contributed by atoms with Gasteiger partial charge in [-0.2, -0.15) is 5.26 Å². The van der Waals surface area contributed by atoms with Crippen molar-refractivity contribution < 1.29 is 4.74 Å². The minimum absolute atomic E-state index is 0.335. The van der Waals surface area contributed by atoms with Gasteiger partial charge in [-0.3, -0.25) is 0 Å². The Bertz CT molecular complexity index is 1110. The molecule has 0 aliphatic carbocycles. The second-order valence-electron chi connectivity index (χ2n) is 5.52. The first kappa shape index (κ1) is 17.3. The van der Waals surface area contributed by atoms with Crippen molar-refractivity contribution in [2.75, 3.05) is 7.11 Å². The van der Waals surface area contributed by atoms with Crippen LogP contribution >= 0.6 is 0 Å². The zero-order chi connectivity index (χ0) is 18.5. The van der Waals surface area contributed by atoms with E-state index in [9.17, 15) is 0 Å². The van der Waals surface area contributed by atoms with Crippen molar-refractivity contribution in [1.82, 2.24) is 15.0 Å². The number of aromatic nitrogens is 3. The molecule has 0 amide bonds. The highest BCUT2D eigenvalue weighted by atomic mass is 16.5. The summed E-state index contributed by atoms with van der Waals surface area (Å²) in [7, 11) is 1.64. The highest BCUT2D eigenvalue weighted by molar-refractivity contribution is 5.65. The van der Waals surface area contributed by atoms with Gasteiger partial charge in [-0.15, -0.1) is 0 Å². The van der Waals surface area contributed by atoms with Crippen molar-refractivity contribution in [2.45, 2.75) is 13.8 Å². The highest BCUT2D eigenvalue weighted by Gasteiger charge is 2.11. The second-order valence-corrected chi connectivity index (χ2v) is 5.52. The Morgan fingerprint density at radius 2 is 1.81 bits per heavy atom. The Balaban J connectivity index is 2.31. The van der Waals surface area contributed by atoms with E-state index in [4.69, 9.17) is 15.0 Å². The molecule has 0 spiro atoms. The van der Waals surface area contributed by atoms with E-state index < -0.39 is 0 Å². The lowest BCUT2D eigenvalue weighted by Gasteiger charge is -2.08. The van der Waals surface area contributed by atoms with Crippen LogP contribution in [0.15, 0.2) is 42.5 Å². The van der Waals surface area contributed by atoms with Gasteiger partial charge in [0.1, 0.15) is 23.2 Å². The summed E-state index contributed by atoms with van der Waals surface area (Å²) < 4.78 is 5.34. The van der Waals surface area contributed by atoms with E-state index in [2.05, 4.69) is 16.0 Å². The molecule has 0 aliphatic heterocycles. The third-order valence-corrected chi connectivity index (χ3v) is 3.97. The molecule has 3 rings (SSSR count). The first-order valence-electron chi connectivity index (χ1n) is 8.23. The van der Waals surface area contributed by atoms with E-state index in [1.807, 2.05) is 50.3 Å². The Morgan fingerprint density at radius 3 is 2.50 bits per heavy atom. The fourth-order valence-electron chi connectivity index (χ4n) is 2.72. The lowest BCUT2D eigenvalue weighted by Crippen LogP contribution is -2.31. The van der Waals surface area contributed by atoms with Gasteiger partial charge in [0.05, 0.1) is 18.2 Å². The van der Waals surface area contributed by atoms with Crippen LogP contribution in [0.2, 0.25) is 0 Å². The van der Waals surface area contributed by atoms with Crippen molar-refractivity contribution in [3.63, 3.8) is 0 Å². The number of hydrogen-bond donors (Lipinski definition) is 0. The largest absolute Gasteiger partial charge is 0.497 e. The topological polar surface area (TPSA) is 71.7 Å². The molecule has 2 aromatic heterocycles. The molecule has 0 saturated carbocycles. The molecular formula is C21H18N4O. The molecule has 0 radical (unpaired) electrons. The van der Waals surface area contributed by atoms with Gasteiger partial charge in [0.25, 0.3) is 0 Å². The average Bonchev–Trinajstić information content (AvgIpc) is 2.72. The summed E-state index contributed by atoms with van der Waals surface area (Å²) in [4.78, 5) is 13.7. The van der Waals surface area contributed by atoms with Crippen molar-refractivity contribution in [2.24, 2.45) is 0 Å². The summed E-state index contributed by atoms with van der Waals surface area (Å²) in [6.07, 6.45) is 3.94. The molecule has 0 bridgehead atoms. The van der Waals surface area contributed by atoms with Crippen LogP contribution in [0, 0.1) is 11.3 Å². The van der Waals surface area contributed by atoms with E-state index in [1.54, 1.807) is 25.3 Å². The van der Waals surface area contributed by atoms with Gasteiger partial charge in [0.2, 0.25) is 0 Å². The highest BCUT2D eigenvalue weighted by Crippen LogP contribution is 2.21. The average molecular weight is 342 g/mol. The van der Waals surface area contributed by atoms with Crippen LogP contribution in [0.3, 0.4) is 0 Å². The summed E-state index contributed by atoms with van der Waals surface area (Å²) in [5, 5.41) is 10.9. The molecule has 5 heteroatoms. The predicted octanol–water partition coefficient (Wildman–Crippen LogP) is 2.69. The standard InChI is InChI=1S/C21H18N4O/c1-4-17-18(5-2)24-21(19-11-7-9-15(13-22)23-19)25-20(17)14-8-6-10-16(12-14)26-3/h4-12H,1-3H3/b17-4+,18-5+. The molecule has 0 atom stereocenters. The van der Waals surface area contributed by atoms with Crippen molar-refractivity contribution >= 4 is 12.2 Å². The number of rotatable bonds is 3. The van der Waals surface area contributed by atoms with Gasteiger partial charge in [0, 0.05) is 10.8 Å². The number of nitrogens with zero attached hydrogens (tertiary/aromatic N) is 4. The molecule has 2 heterocycles. The summed E-state index contributed by atoms with van der Waals surface area (Å²) in [6.45, 7) is 3.90. The van der Waals surface area contributed by atoms with Crippen LogP contribution in [-0.2, 0) is 0 Å². The minimum atomic E-state index is 0.335. The molecule has 128 valence electrons. The quantitative estimate of drug-likeness (QED) is 0.732. The first-order chi connectivity index (χ1) is 12.7. The second kappa shape index (κ2) is 7.58. The zero-order valence-corrected chi connectivity index (χ0v) is 14.9. The summed E-state index contributed by atoms with van der Waals surface area (Å²) in [6, 6.07) is 15.1. The lowest BCUT2D eigenvalue weighted by atomic mass is 10.1. The van der Waals surface area contributed by atoms with E-state index in [1.165, 1.54) is 0 Å². The van der Waals surface area contributed by atoms with Crippen LogP contribution in [-0.4, -0.2) is 22.1 Å². The molecule has 0 aliphatic rings. The number of pyridine rings is 1. The van der Waals surface area contributed by atoms with Crippen molar-refractivity contribution in [1.29, 1.82) is 5.26 Å². The molecule has 3 aromatic rings. The van der Waals surface area contributed by atoms with Gasteiger partial charge in [-0.1, -0.05) is 30.4 Å². The number of benzene rings is 1. The van der Waals surface area contributed by atoms with E-state index >= 15 is 0 Å². The third kappa shape index (κ3) is 3.31. The first-order valence-corrected chi connectivity index (χ1v) is 8.23. The Labute approximate surface area is 152 Å². The normalized spacial score (nSPS) is 12.1.